The lowest BCUT2D eigenvalue weighted by atomic mass is 10.1. The molecule has 0 saturated carbocycles. The minimum absolute atomic E-state index is 0.0973. The lowest BCUT2D eigenvalue weighted by Gasteiger charge is -2.13. The summed E-state index contributed by atoms with van der Waals surface area (Å²) in [6, 6.07) is 9.38. The second-order valence-electron chi connectivity index (χ2n) is 6.05. The van der Waals surface area contributed by atoms with Crippen LogP contribution in [0.4, 0.5) is 5.69 Å². The summed E-state index contributed by atoms with van der Waals surface area (Å²) in [4.78, 5) is 25.5. The summed E-state index contributed by atoms with van der Waals surface area (Å²) in [5.41, 5.74) is 2.76. The van der Waals surface area contributed by atoms with Gasteiger partial charge >= 0.3 is 5.97 Å². The molecule has 1 amide bonds. The van der Waals surface area contributed by atoms with Gasteiger partial charge in [-0.15, -0.1) is 11.3 Å². The van der Waals surface area contributed by atoms with Gasteiger partial charge in [0.1, 0.15) is 11.3 Å². The summed E-state index contributed by atoms with van der Waals surface area (Å²) in [7, 11) is 1.59. The Morgan fingerprint density at radius 2 is 1.76 bits per heavy atom. The molecule has 0 unspecified atom stereocenters. The van der Waals surface area contributed by atoms with E-state index in [-0.39, 0.29) is 11.5 Å². The number of carboxylic acids is 1. The number of methoxy groups -OCH3 is 1. The van der Waals surface area contributed by atoms with Crippen molar-refractivity contribution in [2.75, 3.05) is 12.4 Å². The average Bonchev–Trinajstić information content (AvgIpc) is 3.09. The largest absolute Gasteiger partial charge is 0.494 e. The molecular weight excluding hydrogens is 731 g/mol. The summed E-state index contributed by atoms with van der Waals surface area (Å²) in [5.74, 6) is -0.718. The van der Waals surface area contributed by atoms with Gasteiger partial charge in [-0.3, -0.25) is 4.79 Å². The van der Waals surface area contributed by atoms with Crippen LogP contribution in [0.3, 0.4) is 0 Å². The Kier molecular flexibility index (Phi) is 7.43. The quantitative estimate of drug-likeness (QED) is 0.231. The number of aromatic carboxylic acids is 1. The molecule has 0 aliphatic carbocycles. The zero-order valence-electron chi connectivity index (χ0n) is 15.2. The second-order valence-corrected chi connectivity index (χ2v) is 10.2. The Morgan fingerprint density at radius 1 is 1.10 bits per heavy atom. The third-order valence-electron chi connectivity index (χ3n) is 4.13. The van der Waals surface area contributed by atoms with E-state index in [1.807, 2.05) is 31.2 Å². The first-order chi connectivity index (χ1) is 13.7. The van der Waals surface area contributed by atoms with Crippen LogP contribution in [-0.4, -0.2) is 24.1 Å². The van der Waals surface area contributed by atoms with Crippen LogP contribution in [0.5, 0.6) is 5.75 Å². The van der Waals surface area contributed by atoms with Crippen LogP contribution in [0.25, 0.3) is 10.4 Å². The number of carbonyl (C=O) groups excluding carboxylic acids is 1. The molecule has 0 bridgehead atoms. The molecule has 29 heavy (non-hydrogen) atoms. The van der Waals surface area contributed by atoms with Crippen molar-refractivity contribution in [3.05, 3.63) is 63.1 Å². The number of carbonyl (C=O) groups is 2. The molecule has 9 heteroatoms. The van der Waals surface area contributed by atoms with Crippen molar-refractivity contribution in [3.8, 4) is 16.2 Å². The topological polar surface area (TPSA) is 75.6 Å². The van der Waals surface area contributed by atoms with Crippen LogP contribution in [0.2, 0.25) is 0 Å². The molecule has 1 heterocycles. The fraction of sp³-hybridized carbons (Fsp3) is 0.100. The molecular formula is C20H14I3NO4S. The van der Waals surface area contributed by atoms with Gasteiger partial charge in [0.15, 0.2) is 0 Å². The number of halogens is 3. The van der Waals surface area contributed by atoms with E-state index >= 15 is 0 Å². The van der Waals surface area contributed by atoms with E-state index in [0.29, 0.717) is 16.1 Å². The number of ether oxygens (including phenoxy) is 1. The SMILES string of the molecule is COc1c(I)cc(C(=O)Nc2csc(-c3ccc(C)cc3)c2C(=O)O)c(I)c1I. The Hall–Kier alpha value is -0.930. The lowest BCUT2D eigenvalue weighted by molar-refractivity contribution is 0.0699. The number of hydrogen-bond acceptors (Lipinski definition) is 4. The smallest absolute Gasteiger partial charge is 0.339 e. The van der Waals surface area contributed by atoms with Crippen molar-refractivity contribution in [2.45, 2.75) is 6.92 Å². The van der Waals surface area contributed by atoms with E-state index in [2.05, 4.69) is 73.1 Å². The van der Waals surface area contributed by atoms with Gasteiger partial charge in [0.05, 0.1) is 30.4 Å². The Labute approximate surface area is 212 Å². The molecule has 0 aliphatic rings. The third-order valence-corrected chi connectivity index (χ3v) is 9.14. The summed E-state index contributed by atoms with van der Waals surface area (Å²) >= 11 is 7.66. The van der Waals surface area contributed by atoms with Gasteiger partial charge in [0, 0.05) is 8.95 Å². The van der Waals surface area contributed by atoms with Crippen molar-refractivity contribution in [3.63, 3.8) is 0 Å². The molecule has 5 nitrogen and oxygen atoms in total. The van der Waals surface area contributed by atoms with Gasteiger partial charge in [-0.25, -0.2) is 4.79 Å². The molecule has 0 atom stereocenters. The molecule has 2 aromatic carbocycles. The van der Waals surface area contributed by atoms with Crippen LogP contribution in [0, 0.1) is 17.6 Å². The maximum atomic E-state index is 13.0. The van der Waals surface area contributed by atoms with Crippen LogP contribution < -0.4 is 10.1 Å². The van der Waals surface area contributed by atoms with Crippen LogP contribution in [0.15, 0.2) is 35.7 Å². The number of anilines is 1. The number of thiophene rings is 1. The van der Waals surface area contributed by atoms with Gasteiger partial charge in [0.25, 0.3) is 5.91 Å². The minimum Gasteiger partial charge on any atom is -0.494 e. The highest BCUT2D eigenvalue weighted by Gasteiger charge is 2.24. The first-order valence-electron chi connectivity index (χ1n) is 8.19. The number of benzene rings is 2. The molecule has 0 saturated heterocycles. The second kappa shape index (κ2) is 9.47. The maximum Gasteiger partial charge on any atom is 0.339 e. The number of aryl methyl sites for hydroxylation is 1. The number of nitrogens with one attached hydrogen (secondary N) is 1. The van der Waals surface area contributed by atoms with Crippen molar-refractivity contribution in [1.82, 2.24) is 0 Å². The normalized spacial score (nSPS) is 10.7. The van der Waals surface area contributed by atoms with Gasteiger partial charge in [-0.05, 0) is 86.3 Å². The van der Waals surface area contributed by atoms with Crippen molar-refractivity contribution in [1.29, 1.82) is 0 Å². The highest BCUT2D eigenvalue weighted by atomic mass is 127. The highest BCUT2D eigenvalue weighted by molar-refractivity contribution is 14.1. The maximum absolute atomic E-state index is 13.0. The lowest BCUT2D eigenvalue weighted by Crippen LogP contribution is -2.16. The van der Waals surface area contributed by atoms with Gasteiger partial charge in [-0.1, -0.05) is 29.8 Å². The summed E-state index contributed by atoms with van der Waals surface area (Å²) in [5, 5.41) is 14.2. The fourth-order valence-corrected chi connectivity index (χ4v) is 6.46. The molecule has 2 N–H and O–H groups in total. The zero-order valence-corrected chi connectivity index (χ0v) is 22.5. The number of carboxylic acid groups (broad SMARTS) is 1. The van der Waals surface area contributed by atoms with E-state index in [0.717, 1.165) is 27.6 Å². The summed E-state index contributed by atoms with van der Waals surface area (Å²) in [6.45, 7) is 1.97. The number of amides is 1. The van der Waals surface area contributed by atoms with E-state index < -0.39 is 5.97 Å². The standard InChI is InChI=1S/C20H14I3NO4S/c1-9-3-5-10(6-4-9)18-14(20(26)27)13(8-29-18)24-19(25)11-7-12(21)17(28-2)16(23)15(11)22/h3-8H,1-2H3,(H,24,25)(H,26,27). The predicted molar refractivity (Wildman–Crippen MR) is 141 cm³/mol. The number of hydrogen-bond donors (Lipinski definition) is 2. The summed E-state index contributed by atoms with van der Waals surface area (Å²) < 4.78 is 7.80. The molecule has 3 aromatic rings. The molecule has 150 valence electrons. The molecule has 1 aromatic heterocycles. The molecule has 0 fully saturated rings. The van der Waals surface area contributed by atoms with Gasteiger partial charge < -0.3 is 15.2 Å². The summed E-state index contributed by atoms with van der Waals surface area (Å²) in [6.07, 6.45) is 0. The minimum atomic E-state index is -1.08. The zero-order chi connectivity index (χ0) is 21.3. The molecule has 0 spiro atoms. The average molecular weight is 745 g/mol. The Balaban J connectivity index is 2.00. The number of rotatable bonds is 5. The van der Waals surface area contributed by atoms with Gasteiger partial charge in [-0.2, -0.15) is 0 Å². The monoisotopic (exact) mass is 745 g/mol. The van der Waals surface area contributed by atoms with Crippen molar-refractivity contribution in [2.24, 2.45) is 0 Å². The predicted octanol–water partition coefficient (Wildman–Crippen LogP) is 6.50. The molecule has 0 aliphatic heterocycles. The fourth-order valence-electron chi connectivity index (χ4n) is 2.70. The first-order valence-corrected chi connectivity index (χ1v) is 12.3. The highest BCUT2D eigenvalue weighted by Crippen LogP contribution is 2.37. The van der Waals surface area contributed by atoms with Crippen LogP contribution in [0.1, 0.15) is 26.3 Å². The van der Waals surface area contributed by atoms with Crippen LogP contribution >= 0.6 is 79.1 Å². The van der Waals surface area contributed by atoms with E-state index in [9.17, 15) is 14.7 Å². The van der Waals surface area contributed by atoms with E-state index in [1.54, 1.807) is 18.6 Å². The third kappa shape index (κ3) is 4.71. The van der Waals surface area contributed by atoms with Crippen molar-refractivity contribution >= 4 is 96.7 Å². The van der Waals surface area contributed by atoms with Crippen molar-refractivity contribution < 1.29 is 19.4 Å². The Bertz CT molecular complexity index is 1110. The van der Waals surface area contributed by atoms with Gasteiger partial charge in [0.2, 0.25) is 0 Å². The van der Waals surface area contributed by atoms with Crippen LogP contribution in [-0.2, 0) is 0 Å². The van der Waals surface area contributed by atoms with E-state index in [4.69, 9.17) is 4.74 Å². The molecule has 3 rings (SSSR count). The van der Waals surface area contributed by atoms with E-state index in [1.165, 1.54) is 11.3 Å². The molecule has 0 radical (unpaired) electrons. The Morgan fingerprint density at radius 3 is 2.34 bits per heavy atom. The first kappa shape index (κ1) is 22.7.